The smallest absolute Gasteiger partial charge is 0.414 e. The molecule has 0 aromatic heterocycles. The zero-order chi connectivity index (χ0) is 17.2. The first kappa shape index (κ1) is 16.3. The van der Waals surface area contributed by atoms with Gasteiger partial charge in [0.25, 0.3) is 0 Å². The molecule has 1 aliphatic heterocycles. The van der Waals surface area contributed by atoms with Gasteiger partial charge in [0.2, 0.25) is 10.0 Å². The highest BCUT2D eigenvalue weighted by Gasteiger charge is 2.23. The predicted molar refractivity (Wildman–Crippen MR) is 92.6 cm³/mol. The van der Waals surface area contributed by atoms with Gasteiger partial charge in [-0.25, -0.2) is 13.2 Å². The van der Waals surface area contributed by atoms with Crippen molar-refractivity contribution in [2.75, 3.05) is 22.8 Å². The largest absolute Gasteiger partial charge is 0.447 e. The number of anilines is 2. The molecule has 0 radical (unpaired) electrons. The second-order valence-electron chi connectivity index (χ2n) is 5.66. The summed E-state index contributed by atoms with van der Waals surface area (Å²) in [5.41, 5.74) is 2.95. The van der Waals surface area contributed by atoms with Crippen LogP contribution >= 0.6 is 0 Å². The van der Waals surface area contributed by atoms with E-state index < -0.39 is 10.0 Å². The maximum Gasteiger partial charge on any atom is 0.414 e. The number of sulfonamides is 1. The summed E-state index contributed by atoms with van der Waals surface area (Å²) >= 11 is 0. The summed E-state index contributed by atoms with van der Waals surface area (Å²) in [6.45, 7) is 2.81. The van der Waals surface area contributed by atoms with Crippen LogP contribution in [0.4, 0.5) is 16.2 Å². The molecule has 7 heteroatoms. The minimum Gasteiger partial charge on any atom is -0.447 e. The number of nitrogens with zero attached hydrogens (tertiary/aromatic N) is 1. The van der Waals surface area contributed by atoms with Crippen molar-refractivity contribution in [3.63, 3.8) is 0 Å². The fourth-order valence-electron chi connectivity index (χ4n) is 2.46. The molecule has 24 heavy (non-hydrogen) atoms. The number of amides is 1. The summed E-state index contributed by atoms with van der Waals surface area (Å²) in [5, 5.41) is 0. The van der Waals surface area contributed by atoms with Crippen LogP contribution in [0.5, 0.6) is 0 Å². The molecule has 0 atom stereocenters. The Morgan fingerprint density at radius 1 is 1.08 bits per heavy atom. The monoisotopic (exact) mass is 346 g/mol. The number of hydrogen-bond acceptors (Lipinski definition) is 4. The van der Waals surface area contributed by atoms with E-state index in [1.807, 2.05) is 19.1 Å². The number of carbonyl (C=O) groups excluding carboxylic acids is 1. The Balaban J connectivity index is 1.68. The van der Waals surface area contributed by atoms with Gasteiger partial charge in [-0.3, -0.25) is 9.62 Å². The molecule has 1 saturated heterocycles. The Morgan fingerprint density at radius 2 is 1.75 bits per heavy atom. The topological polar surface area (TPSA) is 75.7 Å². The Hall–Kier alpha value is -2.54. The van der Waals surface area contributed by atoms with Gasteiger partial charge in [0.1, 0.15) is 6.61 Å². The SMILES string of the molecule is Cc1ccc(CS(=O)(=O)Nc2ccc(N3CCOC3=O)cc2)cc1. The molecule has 126 valence electrons. The Morgan fingerprint density at radius 3 is 2.33 bits per heavy atom. The van der Waals surface area contributed by atoms with Crippen molar-refractivity contribution in [1.82, 2.24) is 0 Å². The molecular formula is C17H18N2O4S. The molecule has 2 aromatic carbocycles. The number of nitrogens with one attached hydrogen (secondary N) is 1. The second-order valence-corrected chi connectivity index (χ2v) is 7.38. The summed E-state index contributed by atoms with van der Waals surface area (Å²) in [5.74, 6) is -0.0898. The Bertz CT molecular complexity index is 830. The van der Waals surface area contributed by atoms with Gasteiger partial charge in [-0.05, 0) is 36.8 Å². The van der Waals surface area contributed by atoms with Crippen molar-refractivity contribution in [3.05, 3.63) is 59.7 Å². The summed E-state index contributed by atoms with van der Waals surface area (Å²) < 4.78 is 31.9. The van der Waals surface area contributed by atoms with Crippen LogP contribution in [0.1, 0.15) is 11.1 Å². The number of hydrogen-bond donors (Lipinski definition) is 1. The van der Waals surface area contributed by atoms with E-state index in [-0.39, 0.29) is 11.8 Å². The molecule has 1 heterocycles. The lowest BCUT2D eigenvalue weighted by molar-refractivity contribution is 0.181. The number of ether oxygens (including phenoxy) is 1. The highest BCUT2D eigenvalue weighted by atomic mass is 32.2. The average Bonchev–Trinajstić information content (AvgIpc) is 2.96. The maximum absolute atomic E-state index is 12.3. The molecule has 2 aromatic rings. The minimum atomic E-state index is -3.50. The van der Waals surface area contributed by atoms with Gasteiger partial charge in [-0.1, -0.05) is 29.8 Å². The minimum absolute atomic E-state index is 0.0898. The first-order valence-corrected chi connectivity index (χ1v) is 9.19. The van der Waals surface area contributed by atoms with Gasteiger partial charge in [0.15, 0.2) is 0 Å². The number of rotatable bonds is 5. The standard InChI is InChI=1S/C17H18N2O4S/c1-13-2-4-14(5-3-13)12-24(21,22)18-15-6-8-16(9-7-15)19-10-11-23-17(19)20/h2-9,18H,10-12H2,1H3. The van der Waals surface area contributed by atoms with Crippen LogP contribution < -0.4 is 9.62 Å². The summed E-state index contributed by atoms with van der Waals surface area (Å²) in [7, 11) is -3.50. The van der Waals surface area contributed by atoms with Gasteiger partial charge >= 0.3 is 6.09 Å². The third-order valence-electron chi connectivity index (χ3n) is 3.69. The zero-order valence-corrected chi connectivity index (χ0v) is 14.0. The van der Waals surface area contributed by atoms with Crippen LogP contribution in [-0.4, -0.2) is 27.7 Å². The molecule has 3 rings (SSSR count). The van der Waals surface area contributed by atoms with E-state index in [0.717, 1.165) is 11.1 Å². The van der Waals surface area contributed by atoms with E-state index in [2.05, 4.69) is 4.72 Å². The van der Waals surface area contributed by atoms with Gasteiger partial charge in [0, 0.05) is 11.4 Å². The zero-order valence-electron chi connectivity index (χ0n) is 13.2. The highest BCUT2D eigenvalue weighted by molar-refractivity contribution is 7.91. The molecule has 0 spiro atoms. The van der Waals surface area contributed by atoms with E-state index in [1.165, 1.54) is 4.90 Å². The van der Waals surface area contributed by atoms with Gasteiger partial charge in [-0.15, -0.1) is 0 Å². The molecule has 6 nitrogen and oxygen atoms in total. The van der Waals surface area contributed by atoms with E-state index in [4.69, 9.17) is 4.74 Å². The molecule has 1 aliphatic rings. The summed E-state index contributed by atoms with van der Waals surface area (Å²) in [6, 6.07) is 14.0. The fraction of sp³-hybridized carbons (Fsp3) is 0.235. The van der Waals surface area contributed by atoms with Crippen molar-refractivity contribution < 1.29 is 17.9 Å². The van der Waals surface area contributed by atoms with Crippen LogP contribution in [0, 0.1) is 6.92 Å². The second kappa shape index (κ2) is 6.52. The molecule has 0 saturated carbocycles. The number of carbonyl (C=O) groups is 1. The number of aryl methyl sites for hydroxylation is 1. The normalized spacial score (nSPS) is 14.5. The first-order chi connectivity index (χ1) is 11.4. The fourth-order valence-corrected chi connectivity index (χ4v) is 3.66. The van der Waals surface area contributed by atoms with Crippen molar-refractivity contribution in [1.29, 1.82) is 0 Å². The average molecular weight is 346 g/mol. The lowest BCUT2D eigenvalue weighted by atomic mass is 10.2. The maximum atomic E-state index is 12.3. The Labute approximate surface area is 141 Å². The number of cyclic esters (lactones) is 1. The first-order valence-electron chi connectivity index (χ1n) is 7.53. The van der Waals surface area contributed by atoms with Crippen LogP contribution in [0.15, 0.2) is 48.5 Å². The lowest BCUT2D eigenvalue weighted by Gasteiger charge is -2.14. The highest BCUT2D eigenvalue weighted by Crippen LogP contribution is 2.22. The molecule has 0 unspecified atom stereocenters. The Kier molecular flexibility index (Phi) is 4.44. The summed E-state index contributed by atoms with van der Waals surface area (Å²) in [4.78, 5) is 13.0. The molecule has 1 N–H and O–H groups in total. The van der Waals surface area contributed by atoms with E-state index in [0.29, 0.717) is 24.5 Å². The third-order valence-corrected chi connectivity index (χ3v) is 4.95. The van der Waals surface area contributed by atoms with Crippen LogP contribution in [0.3, 0.4) is 0 Å². The molecule has 1 amide bonds. The van der Waals surface area contributed by atoms with Crippen molar-refractivity contribution in [3.8, 4) is 0 Å². The van der Waals surface area contributed by atoms with Crippen LogP contribution in [0.2, 0.25) is 0 Å². The molecule has 1 fully saturated rings. The molecule has 0 aliphatic carbocycles. The lowest BCUT2D eigenvalue weighted by Crippen LogP contribution is -2.23. The third kappa shape index (κ3) is 3.86. The molecule has 0 bridgehead atoms. The summed E-state index contributed by atoms with van der Waals surface area (Å²) in [6.07, 6.45) is -0.386. The van der Waals surface area contributed by atoms with E-state index in [9.17, 15) is 13.2 Å². The predicted octanol–water partition coefficient (Wildman–Crippen LogP) is 2.89. The van der Waals surface area contributed by atoms with Crippen molar-refractivity contribution >= 4 is 27.5 Å². The van der Waals surface area contributed by atoms with Gasteiger partial charge in [0.05, 0.1) is 12.3 Å². The van der Waals surface area contributed by atoms with E-state index >= 15 is 0 Å². The quantitative estimate of drug-likeness (QED) is 0.903. The van der Waals surface area contributed by atoms with Gasteiger partial charge in [-0.2, -0.15) is 0 Å². The van der Waals surface area contributed by atoms with E-state index in [1.54, 1.807) is 36.4 Å². The van der Waals surface area contributed by atoms with Gasteiger partial charge < -0.3 is 4.74 Å². The number of benzene rings is 2. The van der Waals surface area contributed by atoms with Crippen LogP contribution in [-0.2, 0) is 20.5 Å². The van der Waals surface area contributed by atoms with Crippen molar-refractivity contribution in [2.24, 2.45) is 0 Å². The van der Waals surface area contributed by atoms with Crippen LogP contribution in [0.25, 0.3) is 0 Å². The van der Waals surface area contributed by atoms with Crippen molar-refractivity contribution in [2.45, 2.75) is 12.7 Å². The molecular weight excluding hydrogens is 328 g/mol.